The van der Waals surface area contributed by atoms with E-state index in [2.05, 4.69) is 30.1 Å². The summed E-state index contributed by atoms with van der Waals surface area (Å²) in [7, 11) is 0. The minimum atomic E-state index is -0.158. The highest BCUT2D eigenvalue weighted by molar-refractivity contribution is 7.99. The van der Waals surface area contributed by atoms with Gasteiger partial charge in [0.1, 0.15) is 0 Å². The number of aryl methyl sites for hydroxylation is 1. The number of nitrogens with zero attached hydrogens (tertiary/aromatic N) is 2. The van der Waals surface area contributed by atoms with Crippen molar-refractivity contribution in [3.63, 3.8) is 0 Å². The van der Waals surface area contributed by atoms with Crippen LogP contribution in [0.1, 0.15) is 55.7 Å². The van der Waals surface area contributed by atoms with Crippen LogP contribution in [0.4, 0.5) is 5.69 Å². The van der Waals surface area contributed by atoms with E-state index in [0.717, 1.165) is 65.7 Å². The Morgan fingerprint density at radius 2 is 1.92 bits per heavy atom. The predicted molar refractivity (Wildman–Crippen MR) is 148 cm³/mol. The van der Waals surface area contributed by atoms with Crippen molar-refractivity contribution in [2.45, 2.75) is 69.5 Å². The van der Waals surface area contributed by atoms with Gasteiger partial charge in [-0.05, 0) is 56.4 Å². The zero-order valence-corrected chi connectivity index (χ0v) is 21.9. The molecule has 0 bridgehead atoms. The lowest BCUT2D eigenvalue weighted by Crippen LogP contribution is -2.43. The van der Waals surface area contributed by atoms with Crippen LogP contribution >= 0.6 is 11.8 Å². The van der Waals surface area contributed by atoms with Crippen molar-refractivity contribution in [3.05, 3.63) is 87.7 Å². The van der Waals surface area contributed by atoms with Gasteiger partial charge in [0.15, 0.2) is 5.16 Å². The molecule has 2 aliphatic carbocycles. The summed E-state index contributed by atoms with van der Waals surface area (Å²) in [4.78, 5) is 32.1. The maximum atomic E-state index is 14.2. The van der Waals surface area contributed by atoms with Crippen LogP contribution in [0.25, 0.3) is 11.3 Å². The Bertz CT molecular complexity index is 1390. The second kappa shape index (κ2) is 10.1. The second-order valence-corrected chi connectivity index (χ2v) is 11.3. The maximum absolute atomic E-state index is 14.2. The zero-order valence-electron chi connectivity index (χ0n) is 21.1. The number of anilines is 1. The third kappa shape index (κ3) is 4.79. The zero-order chi connectivity index (χ0) is 25.3. The minimum absolute atomic E-state index is 0.0287. The van der Waals surface area contributed by atoms with Crippen LogP contribution in [-0.4, -0.2) is 21.2 Å². The van der Waals surface area contributed by atoms with Gasteiger partial charge in [-0.3, -0.25) is 14.2 Å². The van der Waals surface area contributed by atoms with Crippen LogP contribution in [-0.2, 0) is 23.2 Å². The predicted octanol–water partition coefficient (Wildman–Crippen LogP) is 6.28. The molecule has 2 aromatic carbocycles. The standard InChI is InChI=1S/C30H33N3O2S/c1-20(2)18-33-28(35)26-27(24-13-6-5-11-22(24)17-30(26)14-7-4-8-15-30)32-29(33)36-19-25(34)31-23-12-9-10-21(3)16-23/h5-6,9-13,16H,1,4,7-8,14-15,17-19H2,2-3H3,(H,31,34). The number of allylic oxidation sites excluding steroid dienone is 1. The summed E-state index contributed by atoms with van der Waals surface area (Å²) in [5.41, 5.74) is 6.61. The monoisotopic (exact) mass is 499 g/mol. The van der Waals surface area contributed by atoms with Crippen molar-refractivity contribution in [3.8, 4) is 11.3 Å². The van der Waals surface area contributed by atoms with Crippen LogP contribution in [0.5, 0.6) is 0 Å². The Morgan fingerprint density at radius 3 is 2.67 bits per heavy atom. The van der Waals surface area contributed by atoms with Gasteiger partial charge in [-0.15, -0.1) is 0 Å². The van der Waals surface area contributed by atoms with Gasteiger partial charge in [0, 0.05) is 23.2 Å². The fourth-order valence-electron chi connectivity index (χ4n) is 5.79. The van der Waals surface area contributed by atoms with Crippen molar-refractivity contribution in [2.75, 3.05) is 11.1 Å². The molecule has 0 unspecified atom stereocenters. The Labute approximate surface area is 217 Å². The van der Waals surface area contributed by atoms with Crippen LogP contribution in [0.2, 0.25) is 0 Å². The SMILES string of the molecule is C=C(C)Cn1c(SCC(=O)Nc2cccc(C)c2)nc2c(c1=O)C1(CCCCC1)Cc1ccccc1-2. The van der Waals surface area contributed by atoms with Gasteiger partial charge in [-0.2, -0.15) is 0 Å². The van der Waals surface area contributed by atoms with Crippen LogP contribution in [0, 0.1) is 6.92 Å². The molecular weight excluding hydrogens is 466 g/mol. The van der Waals surface area contributed by atoms with Crippen molar-refractivity contribution in [1.29, 1.82) is 0 Å². The molecule has 1 saturated carbocycles. The molecule has 1 amide bonds. The first kappa shape index (κ1) is 24.6. The van der Waals surface area contributed by atoms with E-state index in [0.29, 0.717) is 11.7 Å². The van der Waals surface area contributed by atoms with Crippen molar-refractivity contribution >= 4 is 23.4 Å². The Balaban J connectivity index is 1.55. The van der Waals surface area contributed by atoms with E-state index >= 15 is 0 Å². The number of amides is 1. The Hall–Kier alpha value is -3.12. The fourth-order valence-corrected chi connectivity index (χ4v) is 6.58. The van der Waals surface area contributed by atoms with Gasteiger partial charge >= 0.3 is 0 Å². The molecule has 0 radical (unpaired) electrons. The molecule has 6 heteroatoms. The highest BCUT2D eigenvalue weighted by Gasteiger charge is 2.43. The van der Waals surface area contributed by atoms with E-state index in [4.69, 9.17) is 4.98 Å². The summed E-state index contributed by atoms with van der Waals surface area (Å²) >= 11 is 1.32. The number of rotatable bonds is 6. The number of fused-ring (bicyclic) bond motifs is 4. The molecule has 0 atom stereocenters. The summed E-state index contributed by atoms with van der Waals surface area (Å²) in [5, 5.41) is 3.53. The molecule has 1 heterocycles. The Morgan fingerprint density at radius 1 is 1.14 bits per heavy atom. The lowest BCUT2D eigenvalue weighted by Gasteiger charge is -2.42. The number of benzene rings is 2. The van der Waals surface area contributed by atoms with Gasteiger partial charge in [-0.25, -0.2) is 4.98 Å². The molecule has 1 fully saturated rings. The van der Waals surface area contributed by atoms with E-state index < -0.39 is 0 Å². The minimum Gasteiger partial charge on any atom is -0.325 e. The third-order valence-electron chi connectivity index (χ3n) is 7.34. The summed E-state index contributed by atoms with van der Waals surface area (Å²) < 4.78 is 1.75. The topological polar surface area (TPSA) is 64.0 Å². The van der Waals surface area contributed by atoms with Gasteiger partial charge in [0.2, 0.25) is 5.91 Å². The highest BCUT2D eigenvalue weighted by Crippen LogP contribution is 2.48. The quantitative estimate of drug-likeness (QED) is 0.246. The van der Waals surface area contributed by atoms with Gasteiger partial charge in [-0.1, -0.05) is 79.6 Å². The van der Waals surface area contributed by atoms with E-state index in [1.807, 2.05) is 44.2 Å². The third-order valence-corrected chi connectivity index (χ3v) is 8.32. The number of hydrogen-bond donors (Lipinski definition) is 1. The normalized spacial score (nSPS) is 15.7. The van der Waals surface area contributed by atoms with Crippen LogP contribution in [0.3, 0.4) is 0 Å². The molecule has 1 aromatic heterocycles. The van der Waals surface area contributed by atoms with Crippen molar-refractivity contribution in [1.82, 2.24) is 9.55 Å². The molecule has 186 valence electrons. The van der Waals surface area contributed by atoms with Crippen molar-refractivity contribution in [2.24, 2.45) is 0 Å². The molecule has 0 aliphatic heterocycles. The largest absolute Gasteiger partial charge is 0.325 e. The lowest BCUT2D eigenvalue weighted by molar-refractivity contribution is -0.113. The molecule has 5 nitrogen and oxygen atoms in total. The van der Waals surface area contributed by atoms with Crippen molar-refractivity contribution < 1.29 is 4.79 Å². The summed E-state index contributed by atoms with van der Waals surface area (Å²) in [6, 6.07) is 16.1. The number of nitrogens with one attached hydrogen (secondary N) is 1. The first-order valence-corrected chi connectivity index (χ1v) is 13.7. The molecule has 5 rings (SSSR count). The van der Waals surface area contributed by atoms with Crippen LogP contribution in [0.15, 0.2) is 70.6 Å². The second-order valence-electron chi connectivity index (χ2n) is 10.3. The first-order valence-electron chi connectivity index (χ1n) is 12.7. The summed E-state index contributed by atoms with van der Waals surface area (Å²) in [5.74, 6) is 0.0471. The number of carbonyl (C=O) groups excluding carboxylic acids is 1. The number of thioether (sulfide) groups is 1. The molecule has 3 aromatic rings. The van der Waals surface area contributed by atoms with Gasteiger partial charge in [0.25, 0.3) is 5.56 Å². The first-order chi connectivity index (χ1) is 17.4. The fraction of sp³-hybridized carbons (Fsp3) is 0.367. The van der Waals surface area contributed by atoms with E-state index in [1.54, 1.807) is 4.57 Å². The Kier molecular flexibility index (Phi) is 6.89. The van der Waals surface area contributed by atoms with E-state index in [-0.39, 0.29) is 22.6 Å². The van der Waals surface area contributed by atoms with Gasteiger partial charge < -0.3 is 5.32 Å². The molecule has 2 aliphatic rings. The average Bonchev–Trinajstić information content (AvgIpc) is 2.85. The average molecular weight is 500 g/mol. The smallest absolute Gasteiger partial charge is 0.258 e. The highest BCUT2D eigenvalue weighted by atomic mass is 32.2. The summed E-state index contributed by atoms with van der Waals surface area (Å²) in [6.45, 7) is 8.39. The molecule has 1 spiro atoms. The van der Waals surface area contributed by atoms with Crippen LogP contribution < -0.4 is 10.9 Å². The molecule has 36 heavy (non-hydrogen) atoms. The van der Waals surface area contributed by atoms with Gasteiger partial charge in [0.05, 0.1) is 17.0 Å². The molecule has 1 N–H and O–H groups in total. The maximum Gasteiger partial charge on any atom is 0.258 e. The number of aromatic nitrogens is 2. The number of carbonyl (C=O) groups is 1. The van der Waals surface area contributed by atoms with E-state index in [1.165, 1.54) is 23.7 Å². The summed E-state index contributed by atoms with van der Waals surface area (Å²) in [6.07, 6.45) is 6.42. The molecular formula is C30H33N3O2S. The lowest BCUT2D eigenvalue weighted by atomic mass is 9.62. The number of hydrogen-bond acceptors (Lipinski definition) is 4. The molecule has 0 saturated heterocycles. The van der Waals surface area contributed by atoms with E-state index in [9.17, 15) is 9.59 Å².